The second-order valence-corrected chi connectivity index (χ2v) is 7.65. The lowest BCUT2D eigenvalue weighted by Gasteiger charge is -2.33. The number of carboxylic acids is 1. The summed E-state index contributed by atoms with van der Waals surface area (Å²) >= 11 is 0. The first kappa shape index (κ1) is 16.8. The summed E-state index contributed by atoms with van der Waals surface area (Å²) in [4.78, 5) is 20.9. The molecule has 3 fully saturated rings. The van der Waals surface area contributed by atoms with Gasteiger partial charge in [0.15, 0.2) is 0 Å². The van der Waals surface area contributed by atoms with E-state index in [1.54, 1.807) is 6.20 Å². The minimum absolute atomic E-state index is 0.172. The van der Waals surface area contributed by atoms with Crippen LogP contribution in [0.2, 0.25) is 0 Å². The van der Waals surface area contributed by atoms with E-state index in [0.717, 1.165) is 44.7 Å². The van der Waals surface area contributed by atoms with Crippen molar-refractivity contribution in [2.45, 2.75) is 25.4 Å². The Morgan fingerprint density at radius 2 is 2.16 bits per heavy atom. The van der Waals surface area contributed by atoms with Crippen molar-refractivity contribution >= 4 is 11.8 Å². The van der Waals surface area contributed by atoms with E-state index >= 15 is 0 Å². The van der Waals surface area contributed by atoms with Gasteiger partial charge >= 0.3 is 5.97 Å². The van der Waals surface area contributed by atoms with Gasteiger partial charge in [-0.25, -0.2) is 4.98 Å². The predicted molar refractivity (Wildman–Crippen MR) is 92.9 cm³/mol. The van der Waals surface area contributed by atoms with Gasteiger partial charge in [0.25, 0.3) is 0 Å². The summed E-state index contributed by atoms with van der Waals surface area (Å²) in [7, 11) is 0. The molecule has 0 radical (unpaired) electrons. The molecule has 0 aliphatic carbocycles. The van der Waals surface area contributed by atoms with Crippen LogP contribution in [0.4, 0.5) is 5.82 Å². The highest BCUT2D eigenvalue weighted by molar-refractivity contribution is 5.77. The smallest absolute Gasteiger partial charge is 0.312 e. The van der Waals surface area contributed by atoms with Gasteiger partial charge in [-0.2, -0.15) is 0 Å². The number of aromatic nitrogens is 1. The fourth-order valence-electron chi connectivity index (χ4n) is 4.78. The lowest BCUT2D eigenvalue weighted by molar-refractivity contribution is -0.149. The summed E-state index contributed by atoms with van der Waals surface area (Å²) in [6.07, 6.45) is 3.71. The number of fused-ring (bicyclic) bond motifs is 1. The molecule has 1 aromatic rings. The van der Waals surface area contributed by atoms with Gasteiger partial charge in [0.1, 0.15) is 5.82 Å². The molecule has 3 saturated heterocycles. The number of nitrogen functional groups attached to an aromatic ring is 1. The third-order valence-corrected chi connectivity index (χ3v) is 6.16. The maximum absolute atomic E-state index is 12.2. The standard InChI is InChI=1S/C18H26N4O3/c19-16-13(2-1-5-20-16)8-21-9-14-10-22(15-3-6-25-7-4-15)12-18(14,11-21)17(23)24/h1-2,5,14-15H,3-4,6-12H2,(H2,19,20)(H,23,24)/t14-,18-/m0/s1. The minimum atomic E-state index is -0.659. The maximum Gasteiger partial charge on any atom is 0.312 e. The number of rotatable bonds is 4. The summed E-state index contributed by atoms with van der Waals surface area (Å²) in [5.41, 5.74) is 6.27. The van der Waals surface area contributed by atoms with Crippen LogP contribution >= 0.6 is 0 Å². The Morgan fingerprint density at radius 1 is 1.36 bits per heavy atom. The van der Waals surface area contributed by atoms with Crippen molar-refractivity contribution < 1.29 is 14.6 Å². The predicted octanol–water partition coefficient (Wildman–Crippen LogP) is 0.661. The van der Waals surface area contributed by atoms with Crippen molar-refractivity contribution in [1.82, 2.24) is 14.8 Å². The SMILES string of the molecule is Nc1ncccc1CN1C[C@H]2CN(C3CCOCC3)C[C@@]2(C(=O)O)C1. The molecule has 3 N–H and O–H groups in total. The molecule has 0 aromatic carbocycles. The molecule has 0 amide bonds. The number of anilines is 1. The maximum atomic E-state index is 12.2. The van der Waals surface area contributed by atoms with Crippen LogP contribution in [0.15, 0.2) is 18.3 Å². The number of nitrogens with zero attached hydrogens (tertiary/aromatic N) is 3. The molecular weight excluding hydrogens is 320 g/mol. The number of carboxylic acid groups (broad SMARTS) is 1. The number of hydrogen-bond donors (Lipinski definition) is 2. The quantitative estimate of drug-likeness (QED) is 0.827. The number of ether oxygens (including phenoxy) is 1. The molecule has 0 unspecified atom stereocenters. The molecule has 0 bridgehead atoms. The summed E-state index contributed by atoms with van der Waals surface area (Å²) in [5, 5.41) is 10.0. The van der Waals surface area contributed by atoms with Gasteiger partial charge in [-0.15, -0.1) is 0 Å². The number of nitrogens with two attached hydrogens (primary N) is 1. The fraction of sp³-hybridized carbons (Fsp3) is 0.667. The van der Waals surface area contributed by atoms with Gasteiger partial charge in [0, 0.05) is 69.7 Å². The van der Waals surface area contributed by atoms with Crippen LogP contribution in [0.1, 0.15) is 18.4 Å². The van der Waals surface area contributed by atoms with E-state index < -0.39 is 11.4 Å². The highest BCUT2D eigenvalue weighted by Crippen LogP contribution is 2.44. The lowest BCUT2D eigenvalue weighted by atomic mass is 9.81. The molecule has 3 aliphatic rings. The van der Waals surface area contributed by atoms with E-state index in [9.17, 15) is 9.90 Å². The first-order valence-electron chi connectivity index (χ1n) is 9.05. The van der Waals surface area contributed by atoms with Crippen LogP contribution < -0.4 is 5.73 Å². The molecule has 4 rings (SSSR count). The normalized spacial score (nSPS) is 31.3. The average Bonchev–Trinajstić information content (AvgIpc) is 3.13. The molecule has 1 aromatic heterocycles. The first-order valence-corrected chi connectivity index (χ1v) is 9.05. The van der Waals surface area contributed by atoms with Crippen LogP contribution in [0, 0.1) is 11.3 Å². The topological polar surface area (TPSA) is 91.9 Å². The Hall–Kier alpha value is -1.70. The van der Waals surface area contributed by atoms with Crippen molar-refractivity contribution in [2.24, 2.45) is 11.3 Å². The zero-order valence-electron chi connectivity index (χ0n) is 14.4. The molecule has 3 aliphatic heterocycles. The summed E-state index contributed by atoms with van der Waals surface area (Å²) in [5.74, 6) is 0.0484. The average molecular weight is 346 g/mol. The van der Waals surface area contributed by atoms with Crippen molar-refractivity contribution in [3.63, 3.8) is 0 Å². The van der Waals surface area contributed by atoms with Crippen LogP contribution in [0.5, 0.6) is 0 Å². The van der Waals surface area contributed by atoms with Crippen LogP contribution in [-0.2, 0) is 16.1 Å². The van der Waals surface area contributed by atoms with E-state index in [4.69, 9.17) is 10.5 Å². The van der Waals surface area contributed by atoms with Gasteiger partial charge < -0.3 is 15.6 Å². The van der Waals surface area contributed by atoms with Crippen molar-refractivity contribution in [3.8, 4) is 0 Å². The zero-order valence-corrected chi connectivity index (χ0v) is 14.4. The Bertz CT molecular complexity index is 649. The lowest BCUT2D eigenvalue weighted by Crippen LogP contribution is -2.44. The number of aliphatic carboxylic acids is 1. The van der Waals surface area contributed by atoms with E-state index in [1.807, 2.05) is 12.1 Å². The van der Waals surface area contributed by atoms with Crippen LogP contribution in [0.25, 0.3) is 0 Å². The number of pyridine rings is 1. The van der Waals surface area contributed by atoms with Crippen LogP contribution in [-0.4, -0.2) is 71.3 Å². The van der Waals surface area contributed by atoms with Gasteiger partial charge in [0.2, 0.25) is 0 Å². The van der Waals surface area contributed by atoms with Crippen LogP contribution in [0.3, 0.4) is 0 Å². The van der Waals surface area contributed by atoms with E-state index in [2.05, 4.69) is 14.8 Å². The van der Waals surface area contributed by atoms with Crippen molar-refractivity contribution in [3.05, 3.63) is 23.9 Å². The highest BCUT2D eigenvalue weighted by atomic mass is 16.5. The van der Waals surface area contributed by atoms with Gasteiger partial charge in [-0.3, -0.25) is 14.6 Å². The molecule has 136 valence electrons. The van der Waals surface area contributed by atoms with E-state index in [1.165, 1.54) is 0 Å². The monoisotopic (exact) mass is 346 g/mol. The number of likely N-dealkylation sites (tertiary alicyclic amines) is 2. The molecule has 2 atom stereocenters. The van der Waals surface area contributed by atoms with E-state index in [-0.39, 0.29) is 5.92 Å². The third-order valence-electron chi connectivity index (χ3n) is 6.16. The van der Waals surface area contributed by atoms with Gasteiger partial charge in [-0.05, 0) is 18.9 Å². The molecule has 25 heavy (non-hydrogen) atoms. The highest BCUT2D eigenvalue weighted by Gasteiger charge is 2.58. The third kappa shape index (κ3) is 3.01. The Balaban J connectivity index is 1.47. The molecular formula is C18H26N4O3. The molecule has 0 saturated carbocycles. The summed E-state index contributed by atoms with van der Waals surface area (Å²) in [6.45, 7) is 5.16. The molecule has 0 spiro atoms. The van der Waals surface area contributed by atoms with Gasteiger partial charge in [-0.1, -0.05) is 6.07 Å². The minimum Gasteiger partial charge on any atom is -0.481 e. The van der Waals surface area contributed by atoms with Gasteiger partial charge in [0.05, 0.1) is 5.41 Å². The Kier molecular flexibility index (Phi) is 4.39. The second-order valence-electron chi connectivity index (χ2n) is 7.65. The summed E-state index contributed by atoms with van der Waals surface area (Å²) in [6, 6.07) is 4.32. The number of carbonyl (C=O) groups is 1. The van der Waals surface area contributed by atoms with Crippen molar-refractivity contribution in [2.75, 3.05) is 45.1 Å². The van der Waals surface area contributed by atoms with Crippen molar-refractivity contribution in [1.29, 1.82) is 0 Å². The summed E-state index contributed by atoms with van der Waals surface area (Å²) < 4.78 is 5.45. The number of hydrogen-bond acceptors (Lipinski definition) is 6. The molecule has 4 heterocycles. The molecule has 7 heteroatoms. The largest absolute Gasteiger partial charge is 0.481 e. The zero-order chi connectivity index (χ0) is 17.4. The molecule has 7 nitrogen and oxygen atoms in total. The second kappa shape index (κ2) is 6.55. The Morgan fingerprint density at radius 3 is 2.84 bits per heavy atom. The fourth-order valence-corrected chi connectivity index (χ4v) is 4.78. The first-order chi connectivity index (χ1) is 12.1. The Labute approximate surface area is 147 Å². The van der Waals surface area contributed by atoms with E-state index in [0.29, 0.717) is 31.5 Å².